The molecule has 0 saturated carbocycles. The van der Waals surface area contributed by atoms with E-state index in [9.17, 15) is 9.18 Å². The molecule has 3 rings (SSSR count). The lowest BCUT2D eigenvalue weighted by atomic mass is 10.0. The van der Waals surface area contributed by atoms with Gasteiger partial charge in [-0.25, -0.2) is 4.39 Å². The van der Waals surface area contributed by atoms with Crippen molar-refractivity contribution in [1.82, 2.24) is 9.47 Å². The lowest BCUT2D eigenvalue weighted by Crippen LogP contribution is -2.39. The first-order valence-electron chi connectivity index (χ1n) is 7.02. The zero-order valence-electron chi connectivity index (χ0n) is 11.5. The predicted octanol–water partition coefficient (Wildman–Crippen LogP) is 3.71. The third-order valence-corrected chi connectivity index (χ3v) is 4.85. The first-order chi connectivity index (χ1) is 10.1. The summed E-state index contributed by atoms with van der Waals surface area (Å²) in [6.07, 6.45) is 6.06. The van der Waals surface area contributed by atoms with Crippen LogP contribution in [0.4, 0.5) is 4.39 Å². The van der Waals surface area contributed by atoms with E-state index in [4.69, 9.17) is 0 Å². The van der Waals surface area contributed by atoms with E-state index in [1.54, 1.807) is 6.07 Å². The Hall–Kier alpha value is -1.37. The van der Waals surface area contributed by atoms with Gasteiger partial charge < -0.3 is 9.47 Å². The van der Waals surface area contributed by atoms with Crippen LogP contribution in [0.25, 0.3) is 0 Å². The molecule has 0 N–H and O–H groups in total. The summed E-state index contributed by atoms with van der Waals surface area (Å²) in [5.41, 5.74) is 0.594. The molecular weight excluding hydrogens is 382 g/mol. The summed E-state index contributed by atoms with van der Waals surface area (Å²) in [5, 5.41) is 0. The monoisotopic (exact) mass is 398 g/mol. The highest BCUT2D eigenvalue weighted by Gasteiger charge is 2.25. The molecule has 1 aliphatic heterocycles. The van der Waals surface area contributed by atoms with Gasteiger partial charge in [-0.1, -0.05) is 0 Å². The van der Waals surface area contributed by atoms with Crippen molar-refractivity contribution in [2.75, 3.05) is 13.1 Å². The van der Waals surface area contributed by atoms with Gasteiger partial charge in [0.25, 0.3) is 5.91 Å². The van der Waals surface area contributed by atoms with Gasteiger partial charge in [-0.2, -0.15) is 0 Å². The minimum Gasteiger partial charge on any atom is -0.351 e. The molecule has 0 unspecified atom stereocenters. The summed E-state index contributed by atoms with van der Waals surface area (Å²) >= 11 is 2.02. The Labute approximate surface area is 136 Å². The zero-order valence-corrected chi connectivity index (χ0v) is 13.7. The first kappa shape index (κ1) is 14.6. The summed E-state index contributed by atoms with van der Waals surface area (Å²) in [7, 11) is 0. The highest BCUT2D eigenvalue weighted by atomic mass is 127. The molecule has 1 saturated heterocycles. The fraction of sp³-hybridized carbons (Fsp3) is 0.312. The van der Waals surface area contributed by atoms with Crippen molar-refractivity contribution in [2.45, 2.75) is 18.9 Å². The second kappa shape index (κ2) is 6.17. The number of benzene rings is 1. The number of carbonyl (C=O) groups excluding carboxylic acids is 1. The van der Waals surface area contributed by atoms with Crippen LogP contribution in [0.2, 0.25) is 0 Å². The third-order valence-electron chi connectivity index (χ3n) is 3.96. The van der Waals surface area contributed by atoms with Crippen LogP contribution in [-0.2, 0) is 0 Å². The normalized spacial score (nSPS) is 16.2. The van der Waals surface area contributed by atoms with Gasteiger partial charge in [-0.3, -0.25) is 4.79 Å². The van der Waals surface area contributed by atoms with E-state index in [2.05, 4.69) is 17.0 Å². The molecule has 1 amide bonds. The van der Waals surface area contributed by atoms with Crippen molar-refractivity contribution in [3.05, 3.63) is 57.7 Å². The van der Waals surface area contributed by atoms with Crippen LogP contribution in [0, 0.1) is 9.39 Å². The number of aromatic nitrogens is 1. The van der Waals surface area contributed by atoms with Gasteiger partial charge in [0.1, 0.15) is 5.82 Å². The van der Waals surface area contributed by atoms with Gasteiger partial charge in [0.15, 0.2) is 0 Å². The van der Waals surface area contributed by atoms with E-state index in [1.165, 1.54) is 12.1 Å². The van der Waals surface area contributed by atoms with Gasteiger partial charge in [-0.15, -0.1) is 0 Å². The average molecular weight is 398 g/mol. The van der Waals surface area contributed by atoms with Crippen LogP contribution in [0.1, 0.15) is 29.2 Å². The number of nitrogens with zero attached hydrogens (tertiary/aromatic N) is 2. The molecule has 0 atom stereocenters. The number of rotatable bonds is 2. The molecule has 1 aromatic heterocycles. The standard InChI is InChI=1S/C16H16FIN2O/c17-12-3-4-14(15(18)11-12)16(21)20-9-5-13(6-10-20)19-7-1-2-8-19/h1-4,7-8,11,13H,5-6,9-10H2. The van der Waals surface area contributed by atoms with Gasteiger partial charge >= 0.3 is 0 Å². The molecule has 0 spiro atoms. The maximum absolute atomic E-state index is 13.1. The summed E-state index contributed by atoms with van der Waals surface area (Å²) in [6, 6.07) is 8.85. The zero-order chi connectivity index (χ0) is 14.8. The number of carbonyl (C=O) groups is 1. The predicted molar refractivity (Wildman–Crippen MR) is 87.7 cm³/mol. The largest absolute Gasteiger partial charge is 0.351 e. The Morgan fingerprint density at radius 1 is 1.19 bits per heavy atom. The minimum absolute atomic E-state index is 0.00496. The molecule has 1 aromatic carbocycles. The molecule has 21 heavy (non-hydrogen) atoms. The van der Waals surface area contributed by atoms with Crippen LogP contribution in [0.15, 0.2) is 42.7 Å². The van der Waals surface area contributed by atoms with Crippen molar-refractivity contribution in [2.24, 2.45) is 0 Å². The topological polar surface area (TPSA) is 25.2 Å². The Bertz CT molecular complexity index is 634. The van der Waals surface area contributed by atoms with E-state index in [0.29, 0.717) is 15.2 Å². The Morgan fingerprint density at radius 3 is 2.48 bits per heavy atom. The van der Waals surface area contributed by atoms with Crippen LogP contribution in [-0.4, -0.2) is 28.5 Å². The molecule has 2 aromatic rings. The van der Waals surface area contributed by atoms with Gasteiger partial charge in [-0.05, 0) is 65.8 Å². The van der Waals surface area contributed by atoms with Crippen molar-refractivity contribution < 1.29 is 9.18 Å². The minimum atomic E-state index is -0.303. The molecule has 0 bridgehead atoms. The maximum atomic E-state index is 13.1. The molecule has 0 radical (unpaired) electrons. The first-order valence-corrected chi connectivity index (χ1v) is 8.10. The Kier molecular flexibility index (Phi) is 4.28. The SMILES string of the molecule is O=C(c1ccc(F)cc1I)N1CCC(n2cccc2)CC1. The molecule has 3 nitrogen and oxygen atoms in total. The van der Waals surface area contributed by atoms with E-state index in [-0.39, 0.29) is 11.7 Å². The summed E-state index contributed by atoms with van der Waals surface area (Å²) < 4.78 is 16.0. The van der Waals surface area contributed by atoms with Crippen LogP contribution < -0.4 is 0 Å². The second-order valence-corrected chi connectivity index (χ2v) is 6.44. The van der Waals surface area contributed by atoms with Crippen molar-refractivity contribution >= 4 is 28.5 Å². The number of piperidine rings is 1. The maximum Gasteiger partial charge on any atom is 0.254 e. The van der Waals surface area contributed by atoms with Crippen LogP contribution in [0.3, 0.4) is 0 Å². The number of halogens is 2. The molecule has 110 valence electrons. The van der Waals surface area contributed by atoms with Crippen molar-refractivity contribution in [1.29, 1.82) is 0 Å². The molecule has 2 heterocycles. The lowest BCUT2D eigenvalue weighted by molar-refractivity contribution is 0.0693. The van der Waals surface area contributed by atoms with E-state index in [0.717, 1.165) is 25.9 Å². The van der Waals surface area contributed by atoms with E-state index < -0.39 is 0 Å². The van der Waals surface area contributed by atoms with Gasteiger partial charge in [0.2, 0.25) is 0 Å². The van der Waals surface area contributed by atoms with Crippen LogP contribution in [0.5, 0.6) is 0 Å². The Balaban J connectivity index is 1.67. The van der Waals surface area contributed by atoms with Gasteiger partial charge in [0, 0.05) is 35.1 Å². The van der Waals surface area contributed by atoms with Crippen LogP contribution >= 0.6 is 22.6 Å². The van der Waals surface area contributed by atoms with E-state index in [1.807, 2.05) is 39.6 Å². The average Bonchev–Trinajstić information content (AvgIpc) is 3.01. The van der Waals surface area contributed by atoms with E-state index >= 15 is 0 Å². The van der Waals surface area contributed by atoms with Gasteiger partial charge in [0.05, 0.1) is 5.56 Å². The smallest absolute Gasteiger partial charge is 0.254 e. The number of hydrogen-bond donors (Lipinski definition) is 0. The quantitative estimate of drug-likeness (QED) is 0.709. The van der Waals surface area contributed by atoms with Crippen molar-refractivity contribution in [3.8, 4) is 0 Å². The molecule has 1 aliphatic rings. The summed E-state index contributed by atoms with van der Waals surface area (Å²) in [5.74, 6) is -0.298. The summed E-state index contributed by atoms with van der Waals surface area (Å²) in [4.78, 5) is 14.4. The lowest BCUT2D eigenvalue weighted by Gasteiger charge is -2.33. The Morgan fingerprint density at radius 2 is 1.86 bits per heavy atom. The second-order valence-electron chi connectivity index (χ2n) is 5.28. The molecular formula is C16H16FIN2O. The van der Waals surface area contributed by atoms with Crippen molar-refractivity contribution in [3.63, 3.8) is 0 Å². The highest BCUT2D eigenvalue weighted by molar-refractivity contribution is 14.1. The molecule has 1 fully saturated rings. The molecule has 0 aliphatic carbocycles. The molecule has 5 heteroatoms. The fourth-order valence-corrected chi connectivity index (χ4v) is 3.50. The highest BCUT2D eigenvalue weighted by Crippen LogP contribution is 2.24. The summed E-state index contributed by atoms with van der Waals surface area (Å²) in [6.45, 7) is 1.49. The number of hydrogen-bond acceptors (Lipinski definition) is 1. The third kappa shape index (κ3) is 3.12. The number of amides is 1. The fourth-order valence-electron chi connectivity index (χ4n) is 2.79. The number of likely N-dealkylation sites (tertiary alicyclic amines) is 1.